The molecule has 1 aliphatic rings. The zero-order valence-corrected chi connectivity index (χ0v) is 14.2. The van der Waals surface area contributed by atoms with Gasteiger partial charge in [-0.25, -0.2) is 4.98 Å². The van der Waals surface area contributed by atoms with Crippen LogP contribution in [0.4, 0.5) is 0 Å². The van der Waals surface area contributed by atoms with Crippen molar-refractivity contribution in [3.05, 3.63) is 60.4 Å². The van der Waals surface area contributed by atoms with Gasteiger partial charge in [-0.05, 0) is 42.7 Å². The molecular weight excluding hydrogens is 314 g/mol. The number of imidazole rings is 1. The number of carbonyl (C=O) groups is 1. The van der Waals surface area contributed by atoms with Gasteiger partial charge in [0.05, 0.1) is 29.9 Å². The maximum absolute atomic E-state index is 12.7. The van der Waals surface area contributed by atoms with Crippen LogP contribution in [0.2, 0.25) is 0 Å². The van der Waals surface area contributed by atoms with E-state index in [2.05, 4.69) is 14.9 Å². The fourth-order valence-corrected chi connectivity index (χ4v) is 3.34. The van der Waals surface area contributed by atoms with Crippen LogP contribution in [-0.2, 0) is 16.8 Å². The molecule has 0 radical (unpaired) electrons. The van der Waals surface area contributed by atoms with Gasteiger partial charge in [-0.3, -0.25) is 4.79 Å². The lowest BCUT2D eigenvalue weighted by Gasteiger charge is -2.17. The average molecular weight is 335 g/mol. The standard InChI is InChI=1S/C20H21N3O2/c1-25-16-6-4-5-15(13-16)20(9-10-20)19(24)21-11-12-23-14-22-17-7-2-3-8-18(17)23/h2-8,13-14H,9-12H2,1H3,(H,21,24). The molecule has 0 bridgehead atoms. The molecule has 1 fully saturated rings. The third-order valence-electron chi connectivity index (χ3n) is 4.97. The molecule has 1 amide bonds. The van der Waals surface area contributed by atoms with Gasteiger partial charge in [0.1, 0.15) is 5.75 Å². The molecule has 1 saturated carbocycles. The smallest absolute Gasteiger partial charge is 0.230 e. The van der Waals surface area contributed by atoms with Gasteiger partial charge in [0.2, 0.25) is 5.91 Å². The highest BCUT2D eigenvalue weighted by atomic mass is 16.5. The number of hydrogen-bond acceptors (Lipinski definition) is 3. The van der Waals surface area contributed by atoms with Crippen molar-refractivity contribution in [3.8, 4) is 5.75 Å². The second kappa shape index (κ2) is 6.24. The largest absolute Gasteiger partial charge is 0.497 e. The minimum atomic E-state index is -0.383. The summed E-state index contributed by atoms with van der Waals surface area (Å²) < 4.78 is 7.36. The van der Waals surface area contributed by atoms with E-state index in [9.17, 15) is 4.79 Å². The summed E-state index contributed by atoms with van der Waals surface area (Å²) in [6.45, 7) is 1.30. The monoisotopic (exact) mass is 335 g/mol. The van der Waals surface area contributed by atoms with Crippen LogP contribution < -0.4 is 10.1 Å². The number of rotatable bonds is 6. The van der Waals surface area contributed by atoms with Gasteiger partial charge in [0, 0.05) is 13.1 Å². The summed E-state index contributed by atoms with van der Waals surface area (Å²) in [5.41, 5.74) is 2.72. The molecule has 0 spiro atoms. The first-order valence-electron chi connectivity index (χ1n) is 8.56. The molecule has 1 heterocycles. The Hall–Kier alpha value is -2.82. The third kappa shape index (κ3) is 2.86. The predicted molar refractivity (Wildman–Crippen MR) is 96.6 cm³/mol. The highest BCUT2D eigenvalue weighted by molar-refractivity contribution is 5.91. The zero-order chi connectivity index (χ0) is 17.3. The Bertz CT molecular complexity index is 912. The van der Waals surface area contributed by atoms with Crippen molar-refractivity contribution in [1.29, 1.82) is 0 Å². The molecule has 3 aromatic rings. The second-order valence-electron chi connectivity index (χ2n) is 6.50. The number of benzene rings is 2. The lowest BCUT2D eigenvalue weighted by molar-refractivity contribution is -0.123. The number of methoxy groups -OCH3 is 1. The Labute approximate surface area is 146 Å². The first kappa shape index (κ1) is 15.7. The lowest BCUT2D eigenvalue weighted by Crippen LogP contribution is -2.36. The van der Waals surface area contributed by atoms with Gasteiger partial charge in [0.25, 0.3) is 0 Å². The Balaban J connectivity index is 1.42. The maximum Gasteiger partial charge on any atom is 0.230 e. The van der Waals surface area contributed by atoms with Crippen LogP contribution in [0.15, 0.2) is 54.9 Å². The van der Waals surface area contributed by atoms with Crippen LogP contribution in [-0.4, -0.2) is 29.1 Å². The number of para-hydroxylation sites is 2. The molecule has 25 heavy (non-hydrogen) atoms. The first-order chi connectivity index (χ1) is 12.2. The van der Waals surface area contributed by atoms with E-state index in [1.165, 1.54) is 0 Å². The van der Waals surface area contributed by atoms with Gasteiger partial charge < -0.3 is 14.6 Å². The molecule has 128 valence electrons. The number of aromatic nitrogens is 2. The highest BCUT2D eigenvalue weighted by Crippen LogP contribution is 2.49. The van der Waals surface area contributed by atoms with Gasteiger partial charge in [-0.2, -0.15) is 0 Å². The summed E-state index contributed by atoms with van der Waals surface area (Å²) in [5, 5.41) is 3.10. The van der Waals surface area contributed by atoms with Crippen LogP contribution in [0.1, 0.15) is 18.4 Å². The van der Waals surface area contributed by atoms with Crippen molar-refractivity contribution in [3.63, 3.8) is 0 Å². The van der Waals surface area contributed by atoms with Crippen molar-refractivity contribution < 1.29 is 9.53 Å². The van der Waals surface area contributed by atoms with Crippen molar-refractivity contribution >= 4 is 16.9 Å². The number of carbonyl (C=O) groups excluding carboxylic acids is 1. The number of hydrogen-bond donors (Lipinski definition) is 1. The maximum atomic E-state index is 12.7. The van der Waals surface area contributed by atoms with Crippen LogP contribution in [0.3, 0.4) is 0 Å². The van der Waals surface area contributed by atoms with E-state index in [0.29, 0.717) is 13.1 Å². The fourth-order valence-electron chi connectivity index (χ4n) is 3.34. The van der Waals surface area contributed by atoms with Crippen LogP contribution >= 0.6 is 0 Å². The number of nitrogens with zero attached hydrogens (tertiary/aromatic N) is 2. The molecule has 4 rings (SSSR count). The summed E-state index contributed by atoms with van der Waals surface area (Å²) in [5.74, 6) is 0.895. The Morgan fingerprint density at radius 2 is 2.08 bits per heavy atom. The summed E-state index contributed by atoms with van der Waals surface area (Å²) in [7, 11) is 1.65. The van der Waals surface area contributed by atoms with Crippen LogP contribution in [0.25, 0.3) is 11.0 Å². The van der Waals surface area contributed by atoms with Crippen molar-refractivity contribution in [2.24, 2.45) is 0 Å². The van der Waals surface area contributed by atoms with E-state index in [1.54, 1.807) is 7.11 Å². The topological polar surface area (TPSA) is 56.1 Å². The normalized spacial score (nSPS) is 15.1. The first-order valence-corrected chi connectivity index (χ1v) is 8.56. The van der Waals surface area contributed by atoms with Crippen molar-refractivity contribution in [2.45, 2.75) is 24.8 Å². The van der Waals surface area contributed by atoms with Gasteiger partial charge in [0.15, 0.2) is 0 Å². The molecule has 1 aliphatic carbocycles. The Kier molecular flexibility index (Phi) is 3.92. The van der Waals surface area contributed by atoms with Crippen LogP contribution in [0.5, 0.6) is 5.75 Å². The summed E-state index contributed by atoms with van der Waals surface area (Å²) >= 11 is 0. The number of nitrogens with one attached hydrogen (secondary N) is 1. The average Bonchev–Trinajstić information content (AvgIpc) is 3.38. The van der Waals surface area contributed by atoms with E-state index in [1.807, 2.05) is 54.9 Å². The molecule has 1 aromatic heterocycles. The van der Waals surface area contributed by atoms with E-state index in [-0.39, 0.29) is 11.3 Å². The quantitative estimate of drug-likeness (QED) is 0.753. The molecule has 0 unspecified atom stereocenters. The molecular formula is C20H21N3O2. The SMILES string of the molecule is COc1cccc(C2(C(=O)NCCn3cnc4ccccc43)CC2)c1. The molecule has 5 heteroatoms. The van der Waals surface area contributed by atoms with Gasteiger partial charge in [-0.1, -0.05) is 24.3 Å². The predicted octanol–water partition coefficient (Wildman–Crippen LogP) is 2.89. The molecule has 2 aromatic carbocycles. The molecule has 5 nitrogen and oxygen atoms in total. The molecule has 0 aliphatic heterocycles. The fraction of sp³-hybridized carbons (Fsp3) is 0.300. The molecule has 1 N–H and O–H groups in total. The number of amides is 1. The van der Waals surface area contributed by atoms with E-state index in [0.717, 1.165) is 35.2 Å². The Morgan fingerprint density at radius 3 is 2.88 bits per heavy atom. The highest BCUT2D eigenvalue weighted by Gasteiger charge is 2.51. The molecule has 0 saturated heterocycles. The van der Waals surface area contributed by atoms with Gasteiger partial charge in [-0.15, -0.1) is 0 Å². The van der Waals surface area contributed by atoms with Gasteiger partial charge >= 0.3 is 0 Å². The number of fused-ring (bicyclic) bond motifs is 1. The van der Waals surface area contributed by atoms with Crippen molar-refractivity contribution in [1.82, 2.24) is 14.9 Å². The minimum absolute atomic E-state index is 0.102. The zero-order valence-electron chi connectivity index (χ0n) is 14.2. The van der Waals surface area contributed by atoms with E-state index < -0.39 is 0 Å². The van der Waals surface area contributed by atoms with Crippen LogP contribution in [0, 0.1) is 0 Å². The summed E-state index contributed by atoms with van der Waals surface area (Å²) in [4.78, 5) is 17.1. The lowest BCUT2D eigenvalue weighted by atomic mass is 9.95. The van der Waals surface area contributed by atoms with E-state index >= 15 is 0 Å². The van der Waals surface area contributed by atoms with E-state index in [4.69, 9.17) is 4.74 Å². The minimum Gasteiger partial charge on any atom is -0.497 e. The Morgan fingerprint density at radius 1 is 1.24 bits per heavy atom. The number of ether oxygens (including phenoxy) is 1. The third-order valence-corrected chi connectivity index (χ3v) is 4.97. The summed E-state index contributed by atoms with van der Waals surface area (Å²) in [6, 6.07) is 15.8. The molecule has 0 atom stereocenters. The summed E-state index contributed by atoms with van der Waals surface area (Å²) in [6.07, 6.45) is 3.60. The second-order valence-corrected chi connectivity index (χ2v) is 6.50. The van der Waals surface area contributed by atoms with Crippen molar-refractivity contribution in [2.75, 3.05) is 13.7 Å².